The molecule has 1 aromatic heterocycles. The van der Waals surface area contributed by atoms with Gasteiger partial charge in [0.2, 0.25) is 5.88 Å². The number of aromatic nitrogens is 2. The van der Waals surface area contributed by atoms with E-state index >= 15 is 0 Å². The van der Waals surface area contributed by atoms with Crippen molar-refractivity contribution in [2.45, 2.75) is 12.5 Å². The summed E-state index contributed by atoms with van der Waals surface area (Å²) in [6.07, 6.45) is 0.703. The monoisotopic (exact) mass is 278 g/mol. The topological polar surface area (TPSA) is 73.1 Å². The summed E-state index contributed by atoms with van der Waals surface area (Å²) < 4.78 is 4.97. The van der Waals surface area contributed by atoms with Crippen LogP contribution in [0.3, 0.4) is 0 Å². The molecular formula is C13H15ClN4O. The molecule has 0 aliphatic rings. The molecule has 2 aromatic rings. The maximum atomic E-state index is 5.86. The van der Waals surface area contributed by atoms with Gasteiger partial charge in [0.25, 0.3) is 0 Å². The van der Waals surface area contributed by atoms with Gasteiger partial charge in [0, 0.05) is 11.1 Å². The number of ether oxygens (including phenoxy) is 1. The molecule has 0 aliphatic carbocycles. The summed E-state index contributed by atoms with van der Waals surface area (Å²) in [7, 11) is 1.55. The molecule has 19 heavy (non-hydrogen) atoms. The maximum absolute atomic E-state index is 5.86. The molecule has 0 saturated carbocycles. The Labute approximate surface area is 116 Å². The summed E-state index contributed by atoms with van der Waals surface area (Å²) in [5.41, 5.74) is 4.62. The van der Waals surface area contributed by atoms with Gasteiger partial charge in [-0.3, -0.25) is 11.3 Å². The molecule has 0 fully saturated rings. The summed E-state index contributed by atoms with van der Waals surface area (Å²) in [4.78, 5) is 0. The number of nitrogens with two attached hydrogens (primary N) is 1. The van der Waals surface area contributed by atoms with Gasteiger partial charge in [-0.1, -0.05) is 23.7 Å². The van der Waals surface area contributed by atoms with Crippen LogP contribution < -0.4 is 16.0 Å². The van der Waals surface area contributed by atoms with Crippen LogP contribution in [0.25, 0.3) is 0 Å². The highest BCUT2D eigenvalue weighted by molar-refractivity contribution is 6.30. The van der Waals surface area contributed by atoms with Gasteiger partial charge in [0.1, 0.15) is 0 Å². The number of halogens is 1. The number of hydrogen-bond acceptors (Lipinski definition) is 5. The highest BCUT2D eigenvalue weighted by atomic mass is 35.5. The molecule has 3 N–H and O–H groups in total. The first kappa shape index (κ1) is 13.7. The average Bonchev–Trinajstić information content (AvgIpc) is 2.47. The normalized spacial score (nSPS) is 12.2. The van der Waals surface area contributed by atoms with Gasteiger partial charge in [-0.15, -0.1) is 5.10 Å². The van der Waals surface area contributed by atoms with E-state index < -0.39 is 0 Å². The Hall–Kier alpha value is -1.69. The van der Waals surface area contributed by atoms with Crippen LogP contribution in [-0.4, -0.2) is 17.3 Å². The first-order chi connectivity index (χ1) is 9.22. The van der Waals surface area contributed by atoms with Gasteiger partial charge >= 0.3 is 0 Å². The van der Waals surface area contributed by atoms with Gasteiger partial charge in [-0.2, -0.15) is 5.10 Å². The second-order valence-electron chi connectivity index (χ2n) is 4.05. The molecule has 1 unspecified atom stereocenters. The first-order valence-electron chi connectivity index (χ1n) is 5.81. The van der Waals surface area contributed by atoms with E-state index in [1.807, 2.05) is 30.3 Å². The van der Waals surface area contributed by atoms with Crippen LogP contribution in [0.2, 0.25) is 5.02 Å². The Morgan fingerprint density at radius 2 is 1.95 bits per heavy atom. The molecule has 6 heteroatoms. The number of hydrogen-bond donors (Lipinski definition) is 2. The Morgan fingerprint density at radius 3 is 2.47 bits per heavy atom. The van der Waals surface area contributed by atoms with E-state index in [-0.39, 0.29) is 6.04 Å². The second kappa shape index (κ2) is 6.47. The molecule has 0 spiro atoms. The van der Waals surface area contributed by atoms with Gasteiger partial charge in [-0.25, -0.2) is 0 Å². The summed E-state index contributed by atoms with van der Waals surface area (Å²) in [6, 6.07) is 11.1. The van der Waals surface area contributed by atoms with Crippen molar-refractivity contribution in [3.8, 4) is 5.88 Å². The fourth-order valence-electron chi connectivity index (χ4n) is 1.73. The third kappa shape index (κ3) is 3.64. The lowest BCUT2D eigenvalue weighted by atomic mass is 10.0. The minimum Gasteiger partial charge on any atom is -0.480 e. The first-order valence-corrected chi connectivity index (χ1v) is 6.19. The quantitative estimate of drug-likeness (QED) is 0.645. The lowest BCUT2D eigenvalue weighted by molar-refractivity contribution is 0.389. The van der Waals surface area contributed by atoms with Gasteiger partial charge in [-0.05, 0) is 30.2 Å². The fourth-order valence-corrected chi connectivity index (χ4v) is 1.86. The predicted molar refractivity (Wildman–Crippen MR) is 73.8 cm³/mol. The van der Waals surface area contributed by atoms with Crippen molar-refractivity contribution in [1.29, 1.82) is 0 Å². The minimum atomic E-state index is -0.111. The number of rotatable bonds is 5. The molecule has 0 radical (unpaired) electrons. The van der Waals surface area contributed by atoms with Crippen molar-refractivity contribution in [3.05, 3.63) is 52.7 Å². The zero-order valence-corrected chi connectivity index (χ0v) is 11.3. The summed E-state index contributed by atoms with van der Waals surface area (Å²) >= 11 is 5.86. The summed E-state index contributed by atoms with van der Waals surface area (Å²) in [6.45, 7) is 0. The molecule has 100 valence electrons. The molecule has 1 atom stereocenters. The van der Waals surface area contributed by atoms with Crippen LogP contribution in [0.15, 0.2) is 36.4 Å². The van der Waals surface area contributed by atoms with Gasteiger partial charge in [0.05, 0.1) is 18.8 Å². The van der Waals surface area contributed by atoms with Crippen LogP contribution in [0, 0.1) is 0 Å². The van der Waals surface area contributed by atoms with Gasteiger partial charge < -0.3 is 4.74 Å². The Bertz CT molecular complexity index is 515. The molecular weight excluding hydrogens is 264 g/mol. The van der Waals surface area contributed by atoms with E-state index in [2.05, 4.69) is 15.6 Å². The highest BCUT2D eigenvalue weighted by Gasteiger charge is 2.13. The largest absolute Gasteiger partial charge is 0.480 e. The van der Waals surface area contributed by atoms with E-state index in [1.54, 1.807) is 13.2 Å². The Kier molecular flexibility index (Phi) is 4.68. The second-order valence-corrected chi connectivity index (χ2v) is 4.49. The number of nitrogens with zero attached hydrogens (tertiary/aromatic N) is 2. The van der Waals surface area contributed by atoms with Crippen LogP contribution in [-0.2, 0) is 6.42 Å². The lowest BCUT2D eigenvalue weighted by Gasteiger charge is -2.15. The Balaban J connectivity index is 2.12. The zero-order chi connectivity index (χ0) is 13.7. The van der Waals surface area contributed by atoms with Crippen LogP contribution in [0.1, 0.15) is 17.3 Å². The molecule has 1 heterocycles. The van der Waals surface area contributed by atoms with Crippen molar-refractivity contribution in [1.82, 2.24) is 15.6 Å². The standard InChI is InChI=1S/C13H15ClN4O/c1-19-13-7-6-11(17-18-13)12(16-15)8-9-2-4-10(14)5-3-9/h2-7,12,16H,8,15H2,1H3. The minimum absolute atomic E-state index is 0.111. The van der Waals surface area contributed by atoms with Crippen LogP contribution in [0.4, 0.5) is 0 Å². The molecule has 0 amide bonds. The van der Waals surface area contributed by atoms with Gasteiger partial charge in [0.15, 0.2) is 0 Å². The number of hydrazine groups is 1. The van der Waals surface area contributed by atoms with E-state index in [4.69, 9.17) is 22.2 Å². The van der Waals surface area contributed by atoms with Crippen molar-refractivity contribution in [2.75, 3.05) is 7.11 Å². The number of benzene rings is 1. The van der Waals surface area contributed by atoms with E-state index in [1.165, 1.54) is 0 Å². The molecule has 1 aromatic carbocycles. The summed E-state index contributed by atoms with van der Waals surface area (Å²) in [5, 5.41) is 8.74. The lowest BCUT2D eigenvalue weighted by Crippen LogP contribution is -2.30. The van der Waals surface area contributed by atoms with E-state index in [0.717, 1.165) is 11.3 Å². The third-order valence-electron chi connectivity index (χ3n) is 2.78. The number of methoxy groups -OCH3 is 1. The molecule has 0 bridgehead atoms. The fraction of sp³-hybridized carbons (Fsp3) is 0.231. The molecule has 0 aliphatic heterocycles. The SMILES string of the molecule is COc1ccc(C(Cc2ccc(Cl)cc2)NN)nn1. The third-order valence-corrected chi connectivity index (χ3v) is 3.03. The highest BCUT2D eigenvalue weighted by Crippen LogP contribution is 2.18. The zero-order valence-electron chi connectivity index (χ0n) is 10.5. The Morgan fingerprint density at radius 1 is 1.21 bits per heavy atom. The van der Waals surface area contributed by atoms with Crippen molar-refractivity contribution < 1.29 is 4.74 Å². The smallest absolute Gasteiger partial charge is 0.233 e. The van der Waals surface area contributed by atoms with Crippen LogP contribution in [0.5, 0.6) is 5.88 Å². The number of nitrogens with one attached hydrogen (secondary N) is 1. The van der Waals surface area contributed by atoms with E-state index in [0.29, 0.717) is 17.3 Å². The van der Waals surface area contributed by atoms with Crippen molar-refractivity contribution >= 4 is 11.6 Å². The van der Waals surface area contributed by atoms with Crippen molar-refractivity contribution in [2.24, 2.45) is 5.84 Å². The molecule has 0 saturated heterocycles. The maximum Gasteiger partial charge on any atom is 0.233 e. The van der Waals surface area contributed by atoms with Crippen LogP contribution >= 0.6 is 11.6 Å². The molecule has 5 nitrogen and oxygen atoms in total. The predicted octanol–water partition coefficient (Wildman–Crippen LogP) is 1.89. The molecule has 2 rings (SSSR count). The average molecular weight is 279 g/mol. The summed E-state index contributed by atoms with van der Waals surface area (Å²) in [5.74, 6) is 6.06. The van der Waals surface area contributed by atoms with Crippen molar-refractivity contribution in [3.63, 3.8) is 0 Å². The van der Waals surface area contributed by atoms with E-state index in [9.17, 15) is 0 Å².